The van der Waals surface area contributed by atoms with Crippen LogP contribution in [-0.4, -0.2) is 63.0 Å². The summed E-state index contributed by atoms with van der Waals surface area (Å²) in [6.07, 6.45) is 8.31. The van der Waals surface area contributed by atoms with Crippen LogP contribution in [-0.2, 0) is 26.4 Å². The molecule has 2 heterocycles. The Balaban J connectivity index is 1.51. The monoisotopic (exact) mass is 463 g/mol. The van der Waals surface area contributed by atoms with Crippen LogP contribution in [0.25, 0.3) is 0 Å². The van der Waals surface area contributed by atoms with E-state index in [1.807, 2.05) is 12.1 Å². The first kappa shape index (κ1) is 22.4. The van der Waals surface area contributed by atoms with Crippen LogP contribution in [0.15, 0.2) is 58.6 Å². The lowest BCUT2D eigenvalue weighted by molar-refractivity contribution is 0.151. The molecule has 1 aliphatic heterocycles. The third-order valence-corrected chi connectivity index (χ3v) is 9.12. The van der Waals surface area contributed by atoms with Crippen molar-refractivity contribution in [1.29, 1.82) is 0 Å². The zero-order valence-electron chi connectivity index (χ0n) is 17.7. The SMILES string of the molecule is CS(=O)(=O)c1cccc(S(=O)(=O)N(CC2CC2)C2CCN(Cc3ccncc3)CC2)c1. The van der Waals surface area contributed by atoms with Crippen molar-refractivity contribution in [3.8, 4) is 0 Å². The summed E-state index contributed by atoms with van der Waals surface area (Å²) in [7, 11) is -7.25. The van der Waals surface area contributed by atoms with Gasteiger partial charge in [-0.25, -0.2) is 16.8 Å². The molecule has 0 atom stereocenters. The Hall–Kier alpha value is -1.81. The van der Waals surface area contributed by atoms with E-state index in [4.69, 9.17) is 0 Å². The van der Waals surface area contributed by atoms with E-state index in [0.717, 1.165) is 51.6 Å². The number of hydrogen-bond acceptors (Lipinski definition) is 6. The summed E-state index contributed by atoms with van der Waals surface area (Å²) in [5.41, 5.74) is 1.20. The highest BCUT2D eigenvalue weighted by molar-refractivity contribution is 7.91. The van der Waals surface area contributed by atoms with Crippen molar-refractivity contribution in [1.82, 2.24) is 14.2 Å². The smallest absolute Gasteiger partial charge is 0.243 e. The number of pyridine rings is 1. The highest BCUT2D eigenvalue weighted by Crippen LogP contribution is 2.34. The Kier molecular flexibility index (Phi) is 6.48. The molecule has 0 unspecified atom stereocenters. The third kappa shape index (κ3) is 5.52. The number of sulfone groups is 1. The molecule has 0 bridgehead atoms. The average molecular weight is 464 g/mol. The van der Waals surface area contributed by atoms with E-state index < -0.39 is 19.9 Å². The normalized spacial score (nSPS) is 19.0. The van der Waals surface area contributed by atoms with Gasteiger partial charge in [-0.15, -0.1) is 0 Å². The molecule has 1 aromatic carbocycles. The summed E-state index contributed by atoms with van der Waals surface area (Å²) in [6.45, 7) is 3.00. The largest absolute Gasteiger partial charge is 0.299 e. The minimum atomic E-state index is -3.77. The Labute approximate surface area is 185 Å². The molecule has 0 amide bonds. The summed E-state index contributed by atoms with van der Waals surface area (Å²) in [4.78, 5) is 6.50. The molecule has 0 radical (unpaired) electrons. The first-order chi connectivity index (χ1) is 14.7. The van der Waals surface area contributed by atoms with Gasteiger partial charge in [0.05, 0.1) is 9.79 Å². The molecular formula is C22H29N3O4S2. The first-order valence-corrected chi connectivity index (χ1v) is 14.0. The zero-order valence-corrected chi connectivity index (χ0v) is 19.4. The van der Waals surface area contributed by atoms with Crippen LogP contribution in [0.2, 0.25) is 0 Å². The number of piperidine rings is 1. The molecule has 1 saturated carbocycles. The summed E-state index contributed by atoms with van der Waals surface area (Å²) in [5, 5.41) is 0. The minimum Gasteiger partial charge on any atom is -0.299 e. The van der Waals surface area contributed by atoms with Crippen molar-refractivity contribution >= 4 is 19.9 Å². The summed E-state index contributed by atoms with van der Waals surface area (Å²) in [6, 6.07) is 9.69. The van der Waals surface area contributed by atoms with Gasteiger partial charge in [-0.05, 0) is 67.5 Å². The highest BCUT2D eigenvalue weighted by Gasteiger charge is 2.38. The van der Waals surface area contributed by atoms with Crippen molar-refractivity contribution in [2.45, 2.75) is 48.1 Å². The van der Waals surface area contributed by atoms with Crippen LogP contribution >= 0.6 is 0 Å². The minimum absolute atomic E-state index is 0.0344. The lowest BCUT2D eigenvalue weighted by Gasteiger charge is -2.38. The second-order valence-electron chi connectivity index (χ2n) is 8.63. The molecular weight excluding hydrogens is 434 g/mol. The molecule has 9 heteroatoms. The quantitative estimate of drug-likeness (QED) is 0.598. The topological polar surface area (TPSA) is 87.6 Å². The van der Waals surface area contributed by atoms with Crippen molar-refractivity contribution in [3.63, 3.8) is 0 Å². The number of sulfonamides is 1. The Morgan fingerprint density at radius 3 is 2.23 bits per heavy atom. The second kappa shape index (κ2) is 8.97. The van der Waals surface area contributed by atoms with Crippen LogP contribution in [0.3, 0.4) is 0 Å². The van der Waals surface area contributed by atoms with Gasteiger partial charge < -0.3 is 0 Å². The van der Waals surface area contributed by atoms with Gasteiger partial charge in [0.2, 0.25) is 10.0 Å². The molecule has 31 heavy (non-hydrogen) atoms. The van der Waals surface area contributed by atoms with Gasteiger partial charge in [0.25, 0.3) is 0 Å². The number of benzene rings is 1. The molecule has 7 nitrogen and oxygen atoms in total. The molecule has 168 valence electrons. The number of rotatable bonds is 8. The molecule has 1 aromatic heterocycles. The molecule has 1 saturated heterocycles. The van der Waals surface area contributed by atoms with E-state index in [9.17, 15) is 16.8 Å². The fourth-order valence-electron chi connectivity index (χ4n) is 4.11. The standard InChI is InChI=1S/C22H29N3O4S2/c1-30(26,27)21-3-2-4-22(15-21)31(28,29)25(17-18-5-6-18)20-9-13-24(14-10-20)16-19-7-11-23-12-8-19/h2-4,7-8,11-12,15,18,20H,5-6,9-10,13-14,16-17H2,1H3. The number of likely N-dealkylation sites (tertiary alicyclic amines) is 1. The van der Waals surface area contributed by atoms with E-state index in [0.29, 0.717) is 12.5 Å². The van der Waals surface area contributed by atoms with Crippen molar-refractivity contribution in [2.24, 2.45) is 5.92 Å². The Bertz CT molecular complexity index is 1110. The fraction of sp³-hybridized carbons (Fsp3) is 0.500. The van der Waals surface area contributed by atoms with Gasteiger partial charge in [-0.1, -0.05) is 6.07 Å². The number of aromatic nitrogens is 1. The van der Waals surface area contributed by atoms with Crippen molar-refractivity contribution in [2.75, 3.05) is 25.9 Å². The van der Waals surface area contributed by atoms with Gasteiger partial charge in [0.15, 0.2) is 9.84 Å². The summed E-state index contributed by atoms with van der Waals surface area (Å²) in [5.74, 6) is 0.405. The van der Waals surface area contributed by atoms with Gasteiger partial charge >= 0.3 is 0 Å². The maximum atomic E-state index is 13.6. The molecule has 0 spiro atoms. The van der Waals surface area contributed by atoms with Crippen LogP contribution in [0, 0.1) is 5.92 Å². The molecule has 2 aliphatic rings. The lowest BCUT2D eigenvalue weighted by Crippen LogP contribution is -2.47. The molecule has 2 aromatic rings. The fourth-order valence-corrected chi connectivity index (χ4v) is 6.66. The lowest BCUT2D eigenvalue weighted by atomic mass is 10.0. The second-order valence-corrected chi connectivity index (χ2v) is 12.5. The van der Waals surface area contributed by atoms with Crippen LogP contribution < -0.4 is 0 Å². The number of nitrogens with zero attached hydrogens (tertiary/aromatic N) is 3. The first-order valence-electron chi connectivity index (χ1n) is 10.7. The summed E-state index contributed by atoms with van der Waals surface area (Å²) >= 11 is 0. The van der Waals surface area contributed by atoms with Gasteiger partial charge in [0.1, 0.15) is 0 Å². The van der Waals surface area contributed by atoms with E-state index in [2.05, 4.69) is 9.88 Å². The van der Waals surface area contributed by atoms with Gasteiger partial charge in [-0.3, -0.25) is 9.88 Å². The third-order valence-electron chi connectivity index (χ3n) is 6.10. The predicted molar refractivity (Wildman–Crippen MR) is 119 cm³/mol. The molecule has 2 fully saturated rings. The maximum Gasteiger partial charge on any atom is 0.243 e. The van der Waals surface area contributed by atoms with Gasteiger partial charge in [0, 0.05) is 50.9 Å². The van der Waals surface area contributed by atoms with Crippen LogP contribution in [0.5, 0.6) is 0 Å². The van der Waals surface area contributed by atoms with Crippen molar-refractivity contribution in [3.05, 3.63) is 54.4 Å². The molecule has 4 rings (SSSR count). The average Bonchev–Trinajstić information content (AvgIpc) is 3.57. The maximum absolute atomic E-state index is 13.6. The molecule has 0 N–H and O–H groups in total. The molecule has 1 aliphatic carbocycles. The highest BCUT2D eigenvalue weighted by atomic mass is 32.2. The summed E-state index contributed by atoms with van der Waals surface area (Å²) < 4.78 is 52.6. The van der Waals surface area contributed by atoms with E-state index in [-0.39, 0.29) is 15.8 Å². The van der Waals surface area contributed by atoms with Crippen LogP contribution in [0.1, 0.15) is 31.2 Å². The number of hydrogen-bond donors (Lipinski definition) is 0. The Morgan fingerprint density at radius 2 is 1.61 bits per heavy atom. The van der Waals surface area contributed by atoms with E-state index in [1.165, 1.54) is 29.8 Å². The van der Waals surface area contributed by atoms with E-state index >= 15 is 0 Å². The zero-order chi connectivity index (χ0) is 22.1. The van der Waals surface area contributed by atoms with E-state index in [1.54, 1.807) is 16.7 Å². The van der Waals surface area contributed by atoms with Crippen LogP contribution in [0.4, 0.5) is 0 Å². The van der Waals surface area contributed by atoms with Gasteiger partial charge in [-0.2, -0.15) is 4.31 Å². The predicted octanol–water partition coefficient (Wildman–Crippen LogP) is 2.55. The van der Waals surface area contributed by atoms with Crippen molar-refractivity contribution < 1.29 is 16.8 Å². The Morgan fingerprint density at radius 1 is 0.968 bits per heavy atom.